The van der Waals surface area contributed by atoms with Gasteiger partial charge in [0.25, 0.3) is 0 Å². The summed E-state index contributed by atoms with van der Waals surface area (Å²) in [5, 5.41) is 4.85. The molecule has 27 heavy (non-hydrogen) atoms. The van der Waals surface area contributed by atoms with Gasteiger partial charge in [0.1, 0.15) is 5.75 Å². The Hall–Kier alpha value is -2.68. The van der Waals surface area contributed by atoms with E-state index in [0.717, 1.165) is 17.0 Å². The van der Waals surface area contributed by atoms with E-state index in [2.05, 4.69) is 15.4 Å². The highest BCUT2D eigenvalue weighted by atomic mass is 32.2. The Balaban J connectivity index is 1.90. The van der Waals surface area contributed by atoms with Crippen LogP contribution in [0.3, 0.4) is 0 Å². The van der Waals surface area contributed by atoms with E-state index >= 15 is 0 Å². The summed E-state index contributed by atoms with van der Waals surface area (Å²) < 4.78 is 40.2. The lowest BCUT2D eigenvalue weighted by atomic mass is 10.3. The fourth-order valence-electron chi connectivity index (χ4n) is 2.06. The molecule has 2 rings (SSSR count). The first kappa shape index (κ1) is 20.6. The third-order valence-corrected chi connectivity index (χ3v) is 4.32. The number of anilines is 2. The largest absolute Gasteiger partial charge is 0.573 e. The van der Waals surface area contributed by atoms with Crippen molar-refractivity contribution < 1.29 is 27.5 Å². The van der Waals surface area contributed by atoms with Crippen LogP contribution < -0.4 is 15.4 Å². The summed E-state index contributed by atoms with van der Waals surface area (Å²) in [4.78, 5) is 24.1. The predicted octanol–water partition coefficient (Wildman–Crippen LogP) is 4.66. The quantitative estimate of drug-likeness (QED) is 0.695. The van der Waals surface area contributed by atoms with Crippen molar-refractivity contribution in [3.63, 3.8) is 0 Å². The number of carbonyl (C=O) groups excluding carboxylic acids is 2. The molecule has 0 aliphatic carbocycles. The lowest BCUT2D eigenvalue weighted by molar-refractivity contribution is -0.274. The van der Waals surface area contributed by atoms with Crippen molar-refractivity contribution in [1.82, 2.24) is 0 Å². The minimum atomic E-state index is -4.76. The number of alkyl halides is 3. The van der Waals surface area contributed by atoms with E-state index in [1.807, 2.05) is 0 Å². The van der Waals surface area contributed by atoms with Gasteiger partial charge in [-0.2, -0.15) is 0 Å². The third kappa shape index (κ3) is 7.22. The van der Waals surface area contributed by atoms with Crippen molar-refractivity contribution in [2.75, 3.05) is 10.6 Å². The molecule has 144 valence electrons. The summed E-state index contributed by atoms with van der Waals surface area (Å²) >= 11 is 1.31. The molecule has 5 nitrogen and oxygen atoms in total. The molecular formula is C18H17F3N2O3S. The van der Waals surface area contributed by atoms with Gasteiger partial charge in [-0.25, -0.2) is 0 Å². The topological polar surface area (TPSA) is 67.4 Å². The van der Waals surface area contributed by atoms with Crippen molar-refractivity contribution in [1.29, 1.82) is 0 Å². The second-order valence-corrected chi connectivity index (χ2v) is 6.94. The number of amides is 2. The van der Waals surface area contributed by atoms with E-state index in [0.29, 0.717) is 11.4 Å². The summed E-state index contributed by atoms with van der Waals surface area (Å²) in [5.41, 5.74) is 1.02. The molecule has 2 N–H and O–H groups in total. The molecular weight excluding hydrogens is 381 g/mol. The highest BCUT2D eigenvalue weighted by molar-refractivity contribution is 8.00. The molecule has 0 spiro atoms. The molecule has 0 bridgehead atoms. The predicted molar refractivity (Wildman–Crippen MR) is 97.8 cm³/mol. The summed E-state index contributed by atoms with van der Waals surface area (Å²) in [5.74, 6) is -0.826. The molecule has 0 fully saturated rings. The summed E-state index contributed by atoms with van der Waals surface area (Å²) in [6, 6.07) is 11.9. The van der Waals surface area contributed by atoms with Gasteiger partial charge in [0.05, 0.1) is 5.25 Å². The molecule has 1 atom stereocenters. The summed E-state index contributed by atoms with van der Waals surface area (Å²) in [6.45, 7) is 3.12. The van der Waals surface area contributed by atoms with Gasteiger partial charge in [0, 0.05) is 23.2 Å². The maximum atomic E-state index is 12.2. The van der Waals surface area contributed by atoms with Gasteiger partial charge >= 0.3 is 6.36 Å². The van der Waals surface area contributed by atoms with E-state index in [1.54, 1.807) is 31.2 Å². The van der Waals surface area contributed by atoms with E-state index in [4.69, 9.17) is 0 Å². The molecule has 2 aromatic carbocycles. The minimum Gasteiger partial charge on any atom is -0.406 e. The second kappa shape index (κ2) is 8.81. The molecule has 0 radical (unpaired) electrons. The zero-order valence-corrected chi connectivity index (χ0v) is 15.3. The molecule has 1 unspecified atom stereocenters. The monoisotopic (exact) mass is 398 g/mol. The summed E-state index contributed by atoms with van der Waals surface area (Å²) in [6.07, 6.45) is -4.76. The normalized spacial score (nSPS) is 12.2. The zero-order valence-electron chi connectivity index (χ0n) is 14.5. The fraction of sp³-hybridized carbons (Fsp3) is 0.222. The highest BCUT2D eigenvalue weighted by Gasteiger charge is 2.31. The van der Waals surface area contributed by atoms with Crippen molar-refractivity contribution in [3.8, 4) is 5.75 Å². The van der Waals surface area contributed by atoms with Gasteiger partial charge in [-0.05, 0) is 55.5 Å². The number of halogens is 3. The van der Waals surface area contributed by atoms with Gasteiger partial charge in [-0.15, -0.1) is 24.9 Å². The number of nitrogens with one attached hydrogen (secondary N) is 2. The molecule has 0 aromatic heterocycles. The van der Waals surface area contributed by atoms with Gasteiger partial charge in [0.2, 0.25) is 11.8 Å². The SMILES string of the molecule is CC(=O)Nc1ccc(SC(C)C(=O)Nc2ccc(OC(F)(F)F)cc2)cc1. The first-order valence-electron chi connectivity index (χ1n) is 7.83. The molecule has 2 amide bonds. The Morgan fingerprint density at radius 3 is 2.00 bits per heavy atom. The van der Waals surface area contributed by atoms with Crippen molar-refractivity contribution in [2.45, 2.75) is 30.4 Å². The van der Waals surface area contributed by atoms with Crippen LogP contribution in [0.2, 0.25) is 0 Å². The van der Waals surface area contributed by atoms with Gasteiger partial charge in [-0.1, -0.05) is 0 Å². The maximum absolute atomic E-state index is 12.2. The molecule has 0 heterocycles. The molecule has 0 aliphatic heterocycles. The lowest BCUT2D eigenvalue weighted by Crippen LogP contribution is -2.22. The maximum Gasteiger partial charge on any atom is 0.573 e. The van der Waals surface area contributed by atoms with Crippen LogP contribution in [-0.2, 0) is 9.59 Å². The van der Waals surface area contributed by atoms with Crippen LogP contribution in [0.15, 0.2) is 53.4 Å². The number of ether oxygens (including phenoxy) is 1. The van der Waals surface area contributed by atoms with Crippen molar-refractivity contribution in [3.05, 3.63) is 48.5 Å². The molecule has 0 aliphatic rings. The van der Waals surface area contributed by atoms with Crippen molar-refractivity contribution >= 4 is 35.0 Å². The average Bonchev–Trinajstić information content (AvgIpc) is 2.56. The molecule has 9 heteroatoms. The number of rotatable bonds is 6. The van der Waals surface area contributed by atoms with Gasteiger partial charge < -0.3 is 15.4 Å². The van der Waals surface area contributed by atoms with Crippen LogP contribution in [0, 0.1) is 0 Å². The van der Waals surface area contributed by atoms with Crippen LogP contribution in [0.1, 0.15) is 13.8 Å². The van der Waals surface area contributed by atoms with Crippen molar-refractivity contribution in [2.24, 2.45) is 0 Å². The number of carbonyl (C=O) groups is 2. The average molecular weight is 398 g/mol. The second-order valence-electron chi connectivity index (χ2n) is 5.53. The number of hydrogen-bond donors (Lipinski definition) is 2. The standard InChI is InChI=1S/C18H17F3N2O3S/c1-11(27-16-9-5-13(6-10-16)22-12(2)24)17(25)23-14-3-7-15(8-4-14)26-18(19,20)21/h3-11H,1-2H3,(H,22,24)(H,23,25). The Bertz CT molecular complexity index is 793. The summed E-state index contributed by atoms with van der Waals surface area (Å²) in [7, 11) is 0. The zero-order chi connectivity index (χ0) is 20.0. The third-order valence-electron chi connectivity index (χ3n) is 3.21. The van der Waals surface area contributed by atoms with Crippen LogP contribution >= 0.6 is 11.8 Å². The molecule has 2 aromatic rings. The first-order chi connectivity index (χ1) is 12.6. The number of benzene rings is 2. The van der Waals surface area contributed by atoms with E-state index in [-0.39, 0.29) is 17.6 Å². The van der Waals surface area contributed by atoms with Crippen LogP contribution in [-0.4, -0.2) is 23.4 Å². The Morgan fingerprint density at radius 1 is 0.963 bits per heavy atom. The van der Waals surface area contributed by atoms with E-state index in [1.165, 1.54) is 30.8 Å². The van der Waals surface area contributed by atoms with E-state index in [9.17, 15) is 22.8 Å². The molecule has 0 saturated carbocycles. The van der Waals surface area contributed by atoms with Gasteiger partial charge in [-0.3, -0.25) is 9.59 Å². The number of thioether (sulfide) groups is 1. The molecule has 0 saturated heterocycles. The Labute approximate surface area is 158 Å². The van der Waals surface area contributed by atoms with E-state index < -0.39 is 11.6 Å². The Morgan fingerprint density at radius 2 is 1.48 bits per heavy atom. The first-order valence-corrected chi connectivity index (χ1v) is 8.71. The van der Waals surface area contributed by atoms with Crippen LogP contribution in [0.4, 0.5) is 24.5 Å². The fourth-order valence-corrected chi connectivity index (χ4v) is 2.93. The lowest BCUT2D eigenvalue weighted by Gasteiger charge is -2.13. The van der Waals surface area contributed by atoms with Gasteiger partial charge in [0.15, 0.2) is 0 Å². The highest BCUT2D eigenvalue weighted by Crippen LogP contribution is 2.27. The smallest absolute Gasteiger partial charge is 0.406 e. The number of hydrogen-bond acceptors (Lipinski definition) is 4. The van der Waals surface area contributed by atoms with Crippen LogP contribution in [0.5, 0.6) is 5.75 Å². The minimum absolute atomic E-state index is 0.171. The Kier molecular flexibility index (Phi) is 6.73. The van der Waals surface area contributed by atoms with Crippen LogP contribution in [0.25, 0.3) is 0 Å².